The van der Waals surface area contributed by atoms with E-state index in [0.29, 0.717) is 5.56 Å². The molecule has 0 radical (unpaired) electrons. The number of nitro groups is 1. The molecule has 8 nitrogen and oxygen atoms in total. The van der Waals surface area contributed by atoms with Gasteiger partial charge >= 0.3 is 5.76 Å². The van der Waals surface area contributed by atoms with Crippen molar-refractivity contribution in [3.63, 3.8) is 0 Å². The Balaban J connectivity index is 2.01. The average Bonchev–Trinajstić information content (AvgIpc) is 3.05. The van der Waals surface area contributed by atoms with E-state index in [1.165, 1.54) is 18.2 Å². The number of nitro benzene ring substituents is 1. The molecule has 0 amide bonds. The summed E-state index contributed by atoms with van der Waals surface area (Å²) in [6.45, 7) is 6.44. The second-order valence-corrected chi connectivity index (χ2v) is 6.22. The van der Waals surface area contributed by atoms with Crippen LogP contribution >= 0.6 is 0 Å². The number of ketones is 1. The van der Waals surface area contributed by atoms with Gasteiger partial charge in [-0.3, -0.25) is 19.5 Å². The van der Waals surface area contributed by atoms with Crippen LogP contribution in [0.5, 0.6) is 0 Å². The Hall–Kier alpha value is -3.16. The zero-order valence-corrected chi connectivity index (χ0v) is 14.8. The summed E-state index contributed by atoms with van der Waals surface area (Å²) in [6, 6.07) is 5.68. The summed E-state index contributed by atoms with van der Waals surface area (Å²) >= 11 is 0. The fraction of sp³-hybridized carbons (Fsp3) is 0.333. The first-order valence-corrected chi connectivity index (χ1v) is 8.31. The number of fused-ring (bicyclic) bond motifs is 1. The highest BCUT2D eigenvalue weighted by Crippen LogP contribution is 2.21. The van der Waals surface area contributed by atoms with Gasteiger partial charge in [-0.15, -0.1) is 0 Å². The monoisotopic (exact) mass is 357 g/mol. The lowest BCUT2D eigenvalue weighted by Crippen LogP contribution is -2.20. The van der Waals surface area contributed by atoms with E-state index in [-0.39, 0.29) is 29.1 Å². The van der Waals surface area contributed by atoms with Gasteiger partial charge in [0.15, 0.2) is 11.4 Å². The summed E-state index contributed by atoms with van der Waals surface area (Å²) < 4.78 is 8.29. The van der Waals surface area contributed by atoms with Crippen LogP contribution < -0.4 is 5.76 Å². The Morgan fingerprint density at radius 2 is 1.96 bits per heavy atom. The minimum atomic E-state index is -0.712. The minimum absolute atomic E-state index is 0.166. The van der Waals surface area contributed by atoms with Gasteiger partial charge in [0.05, 0.1) is 17.0 Å². The number of aromatic nitrogens is 2. The van der Waals surface area contributed by atoms with Crippen LogP contribution in [0.2, 0.25) is 0 Å². The summed E-state index contributed by atoms with van der Waals surface area (Å²) in [7, 11) is 0. The Morgan fingerprint density at radius 1 is 1.23 bits per heavy atom. The summed E-state index contributed by atoms with van der Waals surface area (Å²) in [6.07, 6.45) is 0.944. The molecule has 0 unspecified atom stereocenters. The molecule has 3 rings (SSSR count). The molecular formula is C18H19N3O5. The average molecular weight is 357 g/mol. The molecule has 0 fully saturated rings. The second kappa shape index (κ2) is 6.62. The Bertz CT molecular complexity index is 1070. The van der Waals surface area contributed by atoms with Crippen LogP contribution in [0.1, 0.15) is 35.1 Å². The van der Waals surface area contributed by atoms with E-state index in [1.54, 1.807) is 0 Å². The third-order valence-corrected chi connectivity index (χ3v) is 4.48. The van der Waals surface area contributed by atoms with Crippen molar-refractivity contribution in [1.82, 2.24) is 9.13 Å². The maximum absolute atomic E-state index is 12.8. The molecule has 0 spiro atoms. The summed E-state index contributed by atoms with van der Waals surface area (Å²) in [5.74, 6) is -0.951. The molecule has 0 aliphatic carbocycles. The highest BCUT2D eigenvalue weighted by atomic mass is 16.6. The van der Waals surface area contributed by atoms with E-state index in [0.717, 1.165) is 28.9 Å². The first-order chi connectivity index (χ1) is 12.3. The quantitative estimate of drug-likeness (QED) is 0.383. The van der Waals surface area contributed by atoms with Crippen molar-refractivity contribution >= 4 is 22.6 Å². The molecule has 2 heterocycles. The van der Waals surface area contributed by atoms with Crippen LogP contribution in [0.3, 0.4) is 0 Å². The zero-order chi connectivity index (χ0) is 19.0. The van der Waals surface area contributed by atoms with Gasteiger partial charge in [-0.2, -0.15) is 0 Å². The summed E-state index contributed by atoms with van der Waals surface area (Å²) in [5.41, 5.74) is 2.65. The molecule has 2 aromatic heterocycles. The van der Waals surface area contributed by atoms with Gasteiger partial charge in [0.25, 0.3) is 5.69 Å². The number of hydrogen-bond acceptors (Lipinski definition) is 5. The van der Waals surface area contributed by atoms with Crippen molar-refractivity contribution in [1.29, 1.82) is 0 Å². The van der Waals surface area contributed by atoms with Gasteiger partial charge in [-0.25, -0.2) is 4.79 Å². The number of rotatable bonds is 6. The number of Topliss-reactive ketones (excluding diaryl/α,β-unsaturated/α-hetero) is 1. The standard InChI is InChI=1S/C18H19N3O5/c1-4-7-19-11(2)8-14(12(19)3)16(22)10-20-15-9-13(21(24)25)5-6-17(15)26-18(20)23/h5-6,8-9H,4,7,10H2,1-3H3. The van der Waals surface area contributed by atoms with Gasteiger partial charge in [-0.05, 0) is 32.4 Å². The molecule has 0 aliphatic rings. The van der Waals surface area contributed by atoms with Crippen LogP contribution in [0.4, 0.5) is 5.69 Å². The zero-order valence-electron chi connectivity index (χ0n) is 14.8. The van der Waals surface area contributed by atoms with Crippen molar-refractivity contribution < 1.29 is 14.1 Å². The largest absolute Gasteiger partial charge is 0.420 e. The van der Waals surface area contributed by atoms with E-state index in [9.17, 15) is 19.7 Å². The Morgan fingerprint density at radius 3 is 2.62 bits per heavy atom. The molecule has 136 valence electrons. The molecule has 3 aromatic rings. The van der Waals surface area contributed by atoms with Crippen LogP contribution in [0, 0.1) is 24.0 Å². The number of carbonyl (C=O) groups is 1. The van der Waals surface area contributed by atoms with E-state index < -0.39 is 10.7 Å². The lowest BCUT2D eigenvalue weighted by Gasteiger charge is -2.07. The van der Waals surface area contributed by atoms with Crippen LogP contribution in [-0.2, 0) is 13.1 Å². The molecule has 0 N–H and O–H groups in total. The maximum Gasteiger partial charge on any atom is 0.420 e. The van der Waals surface area contributed by atoms with E-state index >= 15 is 0 Å². The number of oxazole rings is 1. The predicted molar refractivity (Wildman–Crippen MR) is 95.7 cm³/mol. The molecule has 0 atom stereocenters. The van der Waals surface area contributed by atoms with Crippen molar-refractivity contribution in [3.05, 3.63) is 61.9 Å². The summed E-state index contributed by atoms with van der Waals surface area (Å²) in [4.78, 5) is 35.3. The molecule has 26 heavy (non-hydrogen) atoms. The molecule has 0 saturated heterocycles. The van der Waals surface area contributed by atoms with E-state index in [1.807, 2.05) is 19.9 Å². The number of non-ortho nitro benzene ring substituents is 1. The fourth-order valence-electron chi connectivity index (χ4n) is 3.19. The lowest BCUT2D eigenvalue weighted by molar-refractivity contribution is -0.384. The Labute approximate surface area is 148 Å². The number of aryl methyl sites for hydroxylation is 1. The third kappa shape index (κ3) is 2.94. The SMILES string of the molecule is CCCn1c(C)cc(C(=O)Cn2c(=O)oc3ccc([N+](=O)[O-])cc32)c1C. The second-order valence-electron chi connectivity index (χ2n) is 6.22. The van der Waals surface area contributed by atoms with Crippen LogP contribution in [0.25, 0.3) is 11.1 Å². The molecule has 0 bridgehead atoms. The smallest absolute Gasteiger partial charge is 0.408 e. The van der Waals surface area contributed by atoms with Gasteiger partial charge < -0.3 is 8.98 Å². The first-order valence-electron chi connectivity index (χ1n) is 8.31. The fourth-order valence-corrected chi connectivity index (χ4v) is 3.19. The summed E-state index contributed by atoms with van der Waals surface area (Å²) in [5, 5.41) is 11.0. The maximum atomic E-state index is 12.8. The van der Waals surface area contributed by atoms with Crippen molar-refractivity contribution in [2.75, 3.05) is 0 Å². The lowest BCUT2D eigenvalue weighted by atomic mass is 10.1. The predicted octanol–water partition coefficient (Wildman–Crippen LogP) is 3.21. The van der Waals surface area contributed by atoms with E-state index in [4.69, 9.17) is 4.42 Å². The number of carbonyl (C=O) groups excluding carboxylic acids is 1. The van der Waals surface area contributed by atoms with Crippen molar-refractivity contribution in [3.8, 4) is 0 Å². The van der Waals surface area contributed by atoms with Crippen LogP contribution in [0.15, 0.2) is 33.5 Å². The van der Waals surface area contributed by atoms with Gasteiger partial charge in [0, 0.05) is 35.6 Å². The van der Waals surface area contributed by atoms with E-state index in [2.05, 4.69) is 11.5 Å². The topological polar surface area (TPSA) is 100 Å². The van der Waals surface area contributed by atoms with Crippen LogP contribution in [-0.4, -0.2) is 19.8 Å². The number of nitrogens with zero attached hydrogens (tertiary/aromatic N) is 3. The number of benzene rings is 1. The molecule has 0 aliphatic heterocycles. The molecule has 8 heteroatoms. The van der Waals surface area contributed by atoms with Crippen molar-refractivity contribution in [2.45, 2.75) is 40.3 Å². The van der Waals surface area contributed by atoms with Gasteiger partial charge in [0.2, 0.25) is 0 Å². The molecule has 0 saturated carbocycles. The minimum Gasteiger partial charge on any atom is -0.408 e. The third-order valence-electron chi connectivity index (χ3n) is 4.48. The highest BCUT2D eigenvalue weighted by Gasteiger charge is 2.20. The normalized spacial score (nSPS) is 11.2. The Kier molecular flexibility index (Phi) is 4.50. The first kappa shape index (κ1) is 17.7. The highest BCUT2D eigenvalue weighted by molar-refractivity contribution is 5.98. The molecular weight excluding hydrogens is 338 g/mol. The number of hydrogen-bond donors (Lipinski definition) is 0. The van der Waals surface area contributed by atoms with Gasteiger partial charge in [-0.1, -0.05) is 6.92 Å². The van der Waals surface area contributed by atoms with Gasteiger partial charge in [0.1, 0.15) is 0 Å². The molecule has 1 aromatic carbocycles. The van der Waals surface area contributed by atoms with Crippen molar-refractivity contribution in [2.24, 2.45) is 0 Å².